The van der Waals surface area contributed by atoms with Crippen LogP contribution in [0.3, 0.4) is 0 Å². The molecule has 3 aromatic rings. The van der Waals surface area contributed by atoms with Crippen LogP contribution < -0.4 is 5.56 Å². The molecule has 8 heteroatoms. The minimum absolute atomic E-state index is 0.0571. The van der Waals surface area contributed by atoms with E-state index in [1.165, 1.54) is 24.9 Å². The number of pyridine rings is 2. The molecule has 3 heterocycles. The number of fused-ring (bicyclic) bond motifs is 1. The Morgan fingerprint density at radius 2 is 1.83 bits per heavy atom. The first kappa shape index (κ1) is 16.4. The number of hydrogen-bond acceptors (Lipinski definition) is 4. The zero-order valence-corrected chi connectivity index (χ0v) is 14.7. The van der Waals surface area contributed by atoms with Gasteiger partial charge in [-0.25, -0.2) is 17.7 Å². The SMILES string of the molecule is Cc1cc(-c2ccc3ncc(S(=O)(=O)N(C)C)n3c2)cn(C)c1=O. The molecule has 3 aromatic heterocycles. The van der Waals surface area contributed by atoms with Gasteiger partial charge >= 0.3 is 0 Å². The molecule has 0 bridgehead atoms. The summed E-state index contributed by atoms with van der Waals surface area (Å²) in [4.78, 5) is 16.0. The number of nitrogens with zero attached hydrogens (tertiary/aromatic N) is 4. The second-order valence-corrected chi connectivity index (χ2v) is 7.96. The Balaban J connectivity index is 2.24. The van der Waals surface area contributed by atoms with Crippen LogP contribution in [0.25, 0.3) is 16.8 Å². The van der Waals surface area contributed by atoms with E-state index < -0.39 is 10.0 Å². The van der Waals surface area contributed by atoms with Gasteiger partial charge in [0, 0.05) is 39.1 Å². The monoisotopic (exact) mass is 346 g/mol. The van der Waals surface area contributed by atoms with E-state index in [2.05, 4.69) is 4.98 Å². The lowest BCUT2D eigenvalue weighted by Crippen LogP contribution is -2.23. The summed E-state index contributed by atoms with van der Waals surface area (Å²) in [5.74, 6) is 0. The molecule has 3 rings (SSSR count). The molecule has 0 fully saturated rings. The number of aromatic nitrogens is 3. The molecule has 0 aliphatic carbocycles. The van der Waals surface area contributed by atoms with Gasteiger partial charge in [0.2, 0.25) is 0 Å². The maximum absolute atomic E-state index is 12.4. The van der Waals surface area contributed by atoms with Gasteiger partial charge in [-0.15, -0.1) is 0 Å². The summed E-state index contributed by atoms with van der Waals surface area (Å²) in [5.41, 5.74) is 2.74. The summed E-state index contributed by atoms with van der Waals surface area (Å²) < 4.78 is 29.1. The number of rotatable bonds is 3. The fraction of sp³-hybridized carbons (Fsp3) is 0.250. The molecule has 0 unspecified atom stereocenters. The molecule has 0 radical (unpaired) electrons. The van der Waals surface area contributed by atoms with Crippen LogP contribution in [0.15, 0.2) is 46.6 Å². The van der Waals surface area contributed by atoms with Crippen LogP contribution >= 0.6 is 0 Å². The van der Waals surface area contributed by atoms with Crippen molar-refractivity contribution in [1.82, 2.24) is 18.3 Å². The van der Waals surface area contributed by atoms with Gasteiger partial charge in [-0.2, -0.15) is 0 Å². The Bertz CT molecular complexity index is 1070. The van der Waals surface area contributed by atoms with Crippen molar-refractivity contribution in [2.24, 2.45) is 7.05 Å². The highest BCUT2D eigenvalue weighted by Crippen LogP contribution is 2.22. The zero-order chi connectivity index (χ0) is 17.6. The van der Waals surface area contributed by atoms with Crippen molar-refractivity contribution in [3.05, 3.63) is 52.7 Å². The summed E-state index contributed by atoms with van der Waals surface area (Å²) in [5, 5.41) is 0.103. The molecule has 0 aliphatic rings. The molecular formula is C16H18N4O3S. The first-order valence-corrected chi connectivity index (χ1v) is 8.73. The van der Waals surface area contributed by atoms with E-state index in [0.717, 1.165) is 15.4 Å². The number of imidazole rings is 1. The van der Waals surface area contributed by atoms with E-state index in [9.17, 15) is 13.2 Å². The Morgan fingerprint density at radius 3 is 2.46 bits per heavy atom. The largest absolute Gasteiger partial charge is 0.318 e. The summed E-state index contributed by atoms with van der Waals surface area (Å²) in [6, 6.07) is 5.40. The van der Waals surface area contributed by atoms with Gasteiger partial charge in [0.05, 0.1) is 6.20 Å². The molecule has 0 aliphatic heterocycles. The lowest BCUT2D eigenvalue weighted by molar-refractivity contribution is 0.516. The van der Waals surface area contributed by atoms with Crippen molar-refractivity contribution in [2.75, 3.05) is 14.1 Å². The highest BCUT2D eigenvalue weighted by Gasteiger charge is 2.22. The Morgan fingerprint density at radius 1 is 1.12 bits per heavy atom. The number of sulfonamides is 1. The van der Waals surface area contributed by atoms with Crippen LogP contribution in [0, 0.1) is 6.92 Å². The third-order valence-electron chi connectivity index (χ3n) is 3.91. The van der Waals surface area contributed by atoms with Gasteiger partial charge in [-0.1, -0.05) is 0 Å². The van der Waals surface area contributed by atoms with Crippen molar-refractivity contribution in [3.63, 3.8) is 0 Å². The summed E-state index contributed by atoms with van der Waals surface area (Å²) in [7, 11) is 1.05. The second kappa shape index (κ2) is 5.57. The van der Waals surface area contributed by atoms with Crippen LogP contribution in [-0.4, -0.2) is 40.8 Å². The average molecular weight is 346 g/mol. The van der Waals surface area contributed by atoms with E-state index in [0.29, 0.717) is 11.2 Å². The van der Waals surface area contributed by atoms with E-state index in [4.69, 9.17) is 0 Å². The highest BCUT2D eigenvalue weighted by molar-refractivity contribution is 7.89. The molecule has 0 saturated heterocycles. The van der Waals surface area contributed by atoms with Crippen molar-refractivity contribution in [1.29, 1.82) is 0 Å². The van der Waals surface area contributed by atoms with Crippen molar-refractivity contribution in [2.45, 2.75) is 11.9 Å². The Hall–Kier alpha value is -2.45. The van der Waals surface area contributed by atoms with Gasteiger partial charge in [0.25, 0.3) is 15.6 Å². The maximum Gasteiger partial charge on any atom is 0.260 e. The lowest BCUT2D eigenvalue weighted by Gasteiger charge is -2.11. The number of hydrogen-bond donors (Lipinski definition) is 0. The van der Waals surface area contributed by atoms with Crippen LogP contribution in [0.2, 0.25) is 0 Å². The Kier molecular flexibility index (Phi) is 3.81. The smallest absolute Gasteiger partial charge is 0.260 e. The minimum atomic E-state index is -3.60. The molecule has 0 aromatic carbocycles. The van der Waals surface area contributed by atoms with Crippen LogP contribution in [0.4, 0.5) is 0 Å². The minimum Gasteiger partial charge on any atom is -0.318 e. The van der Waals surface area contributed by atoms with Crippen LogP contribution in [0.5, 0.6) is 0 Å². The topological polar surface area (TPSA) is 76.7 Å². The van der Waals surface area contributed by atoms with E-state index in [1.807, 2.05) is 6.07 Å². The summed E-state index contributed by atoms with van der Waals surface area (Å²) in [6.45, 7) is 1.75. The molecule has 0 saturated carbocycles. The first-order valence-electron chi connectivity index (χ1n) is 7.29. The van der Waals surface area contributed by atoms with Gasteiger partial charge in [-0.05, 0) is 36.2 Å². The van der Waals surface area contributed by atoms with Gasteiger partial charge < -0.3 is 4.57 Å². The van der Waals surface area contributed by atoms with Gasteiger partial charge in [-0.3, -0.25) is 9.20 Å². The fourth-order valence-corrected chi connectivity index (χ4v) is 3.50. The molecule has 24 heavy (non-hydrogen) atoms. The summed E-state index contributed by atoms with van der Waals surface area (Å²) >= 11 is 0. The number of aryl methyl sites for hydroxylation is 2. The highest BCUT2D eigenvalue weighted by atomic mass is 32.2. The molecule has 0 amide bonds. The van der Waals surface area contributed by atoms with Crippen molar-refractivity contribution >= 4 is 15.7 Å². The Labute approximate surface area is 139 Å². The predicted molar refractivity (Wildman–Crippen MR) is 91.5 cm³/mol. The van der Waals surface area contributed by atoms with Gasteiger partial charge in [0.15, 0.2) is 5.03 Å². The molecule has 126 valence electrons. The van der Waals surface area contributed by atoms with Crippen LogP contribution in [0.1, 0.15) is 5.56 Å². The van der Waals surface area contributed by atoms with E-state index in [1.54, 1.807) is 42.9 Å². The quantitative estimate of drug-likeness (QED) is 0.715. The summed E-state index contributed by atoms with van der Waals surface area (Å²) in [6.07, 6.45) is 4.80. The average Bonchev–Trinajstić information content (AvgIpc) is 2.95. The van der Waals surface area contributed by atoms with E-state index in [-0.39, 0.29) is 10.6 Å². The molecule has 0 atom stereocenters. The first-order chi connectivity index (χ1) is 11.2. The molecular weight excluding hydrogens is 328 g/mol. The second-order valence-electron chi connectivity index (χ2n) is 5.86. The fourth-order valence-electron chi connectivity index (χ4n) is 2.54. The zero-order valence-electron chi connectivity index (χ0n) is 13.9. The third-order valence-corrected chi connectivity index (χ3v) is 5.70. The lowest BCUT2D eigenvalue weighted by atomic mass is 10.1. The molecule has 0 spiro atoms. The normalized spacial score (nSPS) is 12.2. The van der Waals surface area contributed by atoms with Crippen molar-refractivity contribution < 1.29 is 8.42 Å². The van der Waals surface area contributed by atoms with Crippen molar-refractivity contribution in [3.8, 4) is 11.1 Å². The molecule has 0 N–H and O–H groups in total. The molecule has 7 nitrogen and oxygen atoms in total. The van der Waals surface area contributed by atoms with Crippen LogP contribution in [-0.2, 0) is 17.1 Å². The standard InChI is InChI=1S/C16H18N4O3S/c1-11-7-13(9-19(4)16(11)21)12-5-6-14-17-8-15(20(14)10-12)24(22,23)18(2)3/h5-10H,1-4H3. The maximum atomic E-state index is 12.4. The van der Waals surface area contributed by atoms with Gasteiger partial charge in [0.1, 0.15) is 5.65 Å². The predicted octanol–water partition coefficient (Wildman–Crippen LogP) is 1.26. The third kappa shape index (κ3) is 2.53. The van der Waals surface area contributed by atoms with E-state index >= 15 is 0 Å².